The molecule has 0 bridgehead atoms. The summed E-state index contributed by atoms with van der Waals surface area (Å²) in [6, 6.07) is 13.4. The fourth-order valence-electron chi connectivity index (χ4n) is 3.64. The van der Waals surface area contributed by atoms with E-state index in [1.165, 1.54) is 37.0 Å². The summed E-state index contributed by atoms with van der Waals surface area (Å²) in [5, 5.41) is 2.78. The van der Waals surface area contributed by atoms with E-state index in [9.17, 15) is 18.0 Å². The van der Waals surface area contributed by atoms with Gasteiger partial charge in [0.25, 0.3) is 5.56 Å². The van der Waals surface area contributed by atoms with Gasteiger partial charge in [-0.15, -0.1) is 0 Å². The van der Waals surface area contributed by atoms with Gasteiger partial charge < -0.3 is 19.4 Å². The summed E-state index contributed by atoms with van der Waals surface area (Å²) in [6.45, 7) is 5.20. The molecule has 0 unspecified atom stereocenters. The van der Waals surface area contributed by atoms with Gasteiger partial charge >= 0.3 is 0 Å². The average molecular weight is 485 g/mol. The molecule has 3 aromatic rings. The number of amides is 1. The van der Waals surface area contributed by atoms with Crippen molar-refractivity contribution in [2.45, 2.75) is 43.7 Å². The first-order valence-electron chi connectivity index (χ1n) is 10.6. The van der Waals surface area contributed by atoms with E-state index in [1.54, 1.807) is 19.9 Å². The largest absolute Gasteiger partial charge is 0.493 e. The zero-order valence-corrected chi connectivity index (χ0v) is 20.7. The van der Waals surface area contributed by atoms with Gasteiger partial charge in [-0.05, 0) is 50.1 Å². The quantitative estimate of drug-likeness (QED) is 0.527. The molecule has 0 radical (unpaired) electrons. The predicted molar refractivity (Wildman–Crippen MR) is 128 cm³/mol. The lowest BCUT2D eigenvalue weighted by Crippen LogP contribution is -2.35. The number of ether oxygens (including phenoxy) is 2. The second kappa shape index (κ2) is 10.1. The van der Waals surface area contributed by atoms with E-state index < -0.39 is 21.3 Å². The lowest BCUT2D eigenvalue weighted by atomic mass is 10.1. The predicted octanol–water partition coefficient (Wildman–Crippen LogP) is 2.94. The first-order chi connectivity index (χ1) is 16.1. The first kappa shape index (κ1) is 25.0. The van der Waals surface area contributed by atoms with E-state index in [0.717, 1.165) is 11.1 Å². The van der Waals surface area contributed by atoms with Gasteiger partial charge in [-0.2, -0.15) is 0 Å². The molecule has 0 aliphatic rings. The Hall–Kier alpha value is -3.59. The molecule has 1 heterocycles. The minimum atomic E-state index is -4.19. The monoisotopic (exact) mass is 484 g/mol. The maximum atomic E-state index is 13.4. The Bertz CT molecular complexity index is 1380. The van der Waals surface area contributed by atoms with Crippen LogP contribution >= 0.6 is 0 Å². The number of benzene rings is 2. The molecule has 1 amide bonds. The zero-order chi connectivity index (χ0) is 25.0. The topological polar surface area (TPSA) is 104 Å². The van der Waals surface area contributed by atoms with Gasteiger partial charge in [0.2, 0.25) is 15.7 Å². The van der Waals surface area contributed by atoms with Crippen LogP contribution in [0.3, 0.4) is 0 Å². The van der Waals surface area contributed by atoms with Gasteiger partial charge in [0, 0.05) is 18.3 Å². The van der Waals surface area contributed by atoms with Gasteiger partial charge in [-0.1, -0.05) is 29.8 Å². The number of rotatable bonds is 8. The van der Waals surface area contributed by atoms with Crippen molar-refractivity contribution in [1.82, 2.24) is 9.88 Å². The van der Waals surface area contributed by atoms with Crippen LogP contribution in [0.2, 0.25) is 0 Å². The highest BCUT2D eigenvalue weighted by Crippen LogP contribution is 2.32. The molecule has 0 spiro atoms. The van der Waals surface area contributed by atoms with Crippen LogP contribution in [0.25, 0.3) is 0 Å². The van der Waals surface area contributed by atoms with E-state index in [1.807, 2.05) is 31.2 Å². The summed E-state index contributed by atoms with van der Waals surface area (Å²) in [5.74, 6) is 0.193. The van der Waals surface area contributed by atoms with E-state index in [0.29, 0.717) is 23.6 Å². The Balaban J connectivity index is 1.94. The van der Waals surface area contributed by atoms with E-state index >= 15 is 0 Å². The van der Waals surface area contributed by atoms with Crippen LogP contribution in [-0.2, 0) is 27.7 Å². The van der Waals surface area contributed by atoms with Crippen molar-refractivity contribution in [2.75, 3.05) is 14.2 Å². The molecule has 1 N–H and O–H groups in total. The smallest absolute Gasteiger partial charge is 0.270 e. The minimum absolute atomic E-state index is 0.107. The number of carbonyl (C=O) groups is 1. The lowest BCUT2D eigenvalue weighted by molar-refractivity contribution is -0.121. The van der Waals surface area contributed by atoms with Crippen molar-refractivity contribution in [1.29, 1.82) is 0 Å². The highest BCUT2D eigenvalue weighted by Gasteiger charge is 2.27. The molecule has 0 fully saturated rings. The second-order valence-corrected chi connectivity index (χ2v) is 9.86. The molecule has 9 heteroatoms. The molecule has 1 aromatic heterocycles. The van der Waals surface area contributed by atoms with Crippen molar-refractivity contribution in [3.8, 4) is 11.5 Å². The summed E-state index contributed by atoms with van der Waals surface area (Å²) < 4.78 is 38.4. The van der Waals surface area contributed by atoms with Crippen molar-refractivity contribution < 1.29 is 22.7 Å². The highest BCUT2D eigenvalue weighted by molar-refractivity contribution is 7.91. The van der Waals surface area contributed by atoms with Gasteiger partial charge in [-0.3, -0.25) is 9.59 Å². The number of methoxy groups -OCH3 is 2. The van der Waals surface area contributed by atoms with Gasteiger partial charge in [0.1, 0.15) is 11.4 Å². The Morgan fingerprint density at radius 2 is 1.59 bits per heavy atom. The van der Waals surface area contributed by atoms with Gasteiger partial charge in [0.15, 0.2) is 11.5 Å². The molecule has 8 nitrogen and oxygen atoms in total. The van der Waals surface area contributed by atoms with Crippen molar-refractivity contribution in [3.05, 3.63) is 81.3 Å². The Morgan fingerprint density at radius 3 is 2.21 bits per heavy atom. The molecule has 0 saturated carbocycles. The zero-order valence-electron chi connectivity index (χ0n) is 19.8. The molecular weight excluding hydrogens is 456 g/mol. The molecule has 0 saturated heterocycles. The van der Waals surface area contributed by atoms with Crippen LogP contribution < -0.4 is 20.3 Å². The standard InChI is InChI=1S/C25H28N2O6S/c1-16-6-8-19(9-7-16)14-26-23(28)15-27-18(3)12-17(2)24(25(27)29)34(30,31)20-10-11-21(32-4)22(13-20)33-5/h6-13H,14-15H2,1-5H3,(H,26,28). The van der Waals surface area contributed by atoms with Crippen molar-refractivity contribution in [3.63, 3.8) is 0 Å². The number of carbonyl (C=O) groups excluding carboxylic acids is 1. The van der Waals surface area contributed by atoms with E-state index in [-0.39, 0.29) is 22.1 Å². The van der Waals surface area contributed by atoms with Gasteiger partial charge in [-0.25, -0.2) is 8.42 Å². The number of sulfone groups is 1. The number of hydrogen-bond donors (Lipinski definition) is 1. The van der Waals surface area contributed by atoms with Crippen LogP contribution in [0, 0.1) is 20.8 Å². The van der Waals surface area contributed by atoms with Gasteiger partial charge in [0.05, 0.1) is 19.1 Å². The highest BCUT2D eigenvalue weighted by atomic mass is 32.2. The third kappa shape index (κ3) is 5.14. The number of aromatic nitrogens is 1. The first-order valence-corrected chi connectivity index (χ1v) is 12.1. The molecule has 0 atom stereocenters. The number of nitrogens with one attached hydrogen (secondary N) is 1. The molecule has 2 aromatic carbocycles. The summed E-state index contributed by atoms with van der Waals surface area (Å²) in [4.78, 5) is 25.4. The third-order valence-electron chi connectivity index (χ3n) is 5.49. The molecule has 180 valence electrons. The second-order valence-electron chi connectivity index (χ2n) is 7.97. The van der Waals surface area contributed by atoms with Crippen LogP contribution in [0.5, 0.6) is 11.5 Å². The van der Waals surface area contributed by atoms with Crippen molar-refractivity contribution >= 4 is 15.7 Å². The SMILES string of the molecule is COc1ccc(S(=O)(=O)c2c(C)cc(C)n(CC(=O)NCc3ccc(C)cc3)c2=O)cc1OC. The summed E-state index contributed by atoms with van der Waals surface area (Å²) in [7, 11) is -1.35. The number of hydrogen-bond acceptors (Lipinski definition) is 6. The van der Waals surface area contributed by atoms with E-state index in [4.69, 9.17) is 9.47 Å². The summed E-state index contributed by atoms with van der Waals surface area (Å²) in [6.07, 6.45) is 0. The molecule has 0 aliphatic heterocycles. The lowest BCUT2D eigenvalue weighted by Gasteiger charge is -2.16. The summed E-state index contributed by atoms with van der Waals surface area (Å²) >= 11 is 0. The van der Waals surface area contributed by atoms with Crippen LogP contribution in [0.15, 0.2) is 63.1 Å². The fourth-order valence-corrected chi connectivity index (χ4v) is 5.21. The van der Waals surface area contributed by atoms with E-state index in [2.05, 4.69) is 5.32 Å². The molecule has 34 heavy (non-hydrogen) atoms. The van der Waals surface area contributed by atoms with Crippen LogP contribution in [0.4, 0.5) is 0 Å². The molecule has 0 aliphatic carbocycles. The number of aryl methyl sites for hydroxylation is 3. The minimum Gasteiger partial charge on any atom is -0.493 e. The maximum Gasteiger partial charge on any atom is 0.270 e. The maximum absolute atomic E-state index is 13.4. The number of pyridine rings is 1. The third-order valence-corrected chi connectivity index (χ3v) is 7.40. The van der Waals surface area contributed by atoms with Crippen LogP contribution in [-0.4, -0.2) is 33.1 Å². The summed E-state index contributed by atoms with van der Waals surface area (Å²) in [5.41, 5.74) is 2.06. The Labute approximate surface area is 199 Å². The Morgan fingerprint density at radius 1 is 0.941 bits per heavy atom. The molecular formula is C25H28N2O6S. The number of nitrogens with zero attached hydrogens (tertiary/aromatic N) is 1. The Kier molecular flexibility index (Phi) is 7.46. The van der Waals surface area contributed by atoms with Crippen molar-refractivity contribution in [2.24, 2.45) is 0 Å². The average Bonchev–Trinajstić information content (AvgIpc) is 2.80. The normalized spacial score (nSPS) is 11.2. The fraction of sp³-hybridized carbons (Fsp3) is 0.280. The molecule has 3 rings (SSSR count). The van der Waals surface area contributed by atoms with Crippen LogP contribution in [0.1, 0.15) is 22.4 Å².